The quantitative estimate of drug-likeness (QED) is 0.510. The van der Waals surface area contributed by atoms with Crippen LogP contribution < -0.4 is 10.6 Å². The number of carbonyl (C=O) groups is 4. The number of amides is 2. The van der Waals surface area contributed by atoms with Gasteiger partial charge in [0.1, 0.15) is 17.6 Å². The fourth-order valence-corrected chi connectivity index (χ4v) is 1.83. The second-order valence-corrected chi connectivity index (χ2v) is 5.09. The molecule has 0 radical (unpaired) electrons. The van der Waals surface area contributed by atoms with Crippen LogP contribution in [-0.2, 0) is 19.2 Å². The molecule has 0 fully saturated rings. The van der Waals surface area contributed by atoms with Crippen LogP contribution in [0.25, 0.3) is 6.08 Å². The molecule has 25 heavy (non-hydrogen) atoms. The van der Waals surface area contributed by atoms with E-state index in [9.17, 15) is 23.6 Å². The van der Waals surface area contributed by atoms with Crippen LogP contribution in [0.5, 0.6) is 0 Å². The molecular formula is C16H17FN2O6. The van der Waals surface area contributed by atoms with Gasteiger partial charge in [-0.05, 0) is 30.2 Å². The molecule has 134 valence electrons. The minimum Gasteiger partial charge on any atom is -0.481 e. The molecule has 9 heteroatoms. The van der Waals surface area contributed by atoms with Crippen molar-refractivity contribution in [2.75, 3.05) is 0 Å². The first-order chi connectivity index (χ1) is 11.7. The summed E-state index contributed by atoms with van der Waals surface area (Å²) < 4.78 is 12.9. The molecule has 1 atom stereocenters. The summed E-state index contributed by atoms with van der Waals surface area (Å²) >= 11 is 0. The molecule has 0 aliphatic carbocycles. The summed E-state index contributed by atoms with van der Waals surface area (Å²) in [7, 11) is 0. The van der Waals surface area contributed by atoms with E-state index in [1.807, 2.05) is 0 Å². The minimum absolute atomic E-state index is 0.249. The molecule has 0 aliphatic heterocycles. The smallest absolute Gasteiger partial charge is 0.326 e. The van der Waals surface area contributed by atoms with Crippen LogP contribution in [0.4, 0.5) is 4.39 Å². The minimum atomic E-state index is -1.44. The van der Waals surface area contributed by atoms with E-state index < -0.39 is 42.0 Å². The number of carboxylic acid groups (broad SMARTS) is 2. The molecular weight excluding hydrogens is 335 g/mol. The summed E-state index contributed by atoms with van der Waals surface area (Å²) in [6, 6.07) is 3.60. The molecule has 4 N–H and O–H groups in total. The molecule has 0 saturated heterocycles. The van der Waals surface area contributed by atoms with E-state index in [2.05, 4.69) is 10.6 Å². The van der Waals surface area contributed by atoms with Crippen LogP contribution in [0.1, 0.15) is 25.3 Å². The Kier molecular flexibility index (Phi) is 7.26. The van der Waals surface area contributed by atoms with Crippen molar-refractivity contribution in [3.8, 4) is 0 Å². The number of rotatable bonds is 8. The number of carboxylic acids is 2. The van der Waals surface area contributed by atoms with E-state index in [4.69, 9.17) is 10.2 Å². The Labute approximate surface area is 142 Å². The highest BCUT2D eigenvalue weighted by molar-refractivity contribution is 6.02. The topological polar surface area (TPSA) is 133 Å². The third kappa shape index (κ3) is 7.25. The molecule has 0 aliphatic rings. The first-order valence-electron chi connectivity index (χ1n) is 7.19. The van der Waals surface area contributed by atoms with Gasteiger partial charge in [-0.2, -0.15) is 0 Å². The first-order valence-corrected chi connectivity index (χ1v) is 7.19. The molecule has 0 heterocycles. The van der Waals surface area contributed by atoms with Gasteiger partial charge in [-0.15, -0.1) is 0 Å². The van der Waals surface area contributed by atoms with E-state index in [-0.39, 0.29) is 12.1 Å². The Morgan fingerprint density at radius 3 is 2.24 bits per heavy atom. The molecule has 1 aromatic carbocycles. The molecule has 0 bridgehead atoms. The van der Waals surface area contributed by atoms with Gasteiger partial charge in [-0.1, -0.05) is 12.1 Å². The number of benzene rings is 1. The predicted octanol–water partition coefficient (Wildman–Crippen LogP) is 0.737. The van der Waals surface area contributed by atoms with Crippen LogP contribution >= 0.6 is 0 Å². The van der Waals surface area contributed by atoms with E-state index in [1.54, 1.807) is 0 Å². The summed E-state index contributed by atoms with van der Waals surface area (Å²) in [5.74, 6) is -4.57. The average Bonchev–Trinajstić information content (AvgIpc) is 2.51. The molecule has 2 amide bonds. The van der Waals surface area contributed by atoms with Crippen LogP contribution in [0.3, 0.4) is 0 Å². The molecule has 1 aromatic rings. The maximum atomic E-state index is 12.9. The van der Waals surface area contributed by atoms with Crippen molar-refractivity contribution < 1.29 is 33.8 Å². The van der Waals surface area contributed by atoms with Gasteiger partial charge in [0.15, 0.2) is 0 Å². The Hall–Kier alpha value is -3.23. The first kappa shape index (κ1) is 19.8. The summed E-state index contributed by atoms with van der Waals surface area (Å²) in [5.41, 5.74) is 0.151. The van der Waals surface area contributed by atoms with E-state index in [1.165, 1.54) is 18.2 Å². The van der Waals surface area contributed by atoms with Gasteiger partial charge in [0.2, 0.25) is 5.91 Å². The van der Waals surface area contributed by atoms with Crippen molar-refractivity contribution in [2.45, 2.75) is 25.8 Å². The van der Waals surface area contributed by atoms with Crippen LogP contribution in [-0.4, -0.2) is 40.0 Å². The second kappa shape index (κ2) is 9.16. The number of halogens is 1. The van der Waals surface area contributed by atoms with Gasteiger partial charge < -0.3 is 20.8 Å². The Bertz CT molecular complexity index is 699. The van der Waals surface area contributed by atoms with E-state index >= 15 is 0 Å². The number of hydrogen-bond acceptors (Lipinski definition) is 4. The molecule has 1 rings (SSSR count). The van der Waals surface area contributed by atoms with Gasteiger partial charge in [-0.3, -0.25) is 14.4 Å². The normalized spacial score (nSPS) is 12.2. The Balaban J connectivity index is 2.98. The third-order valence-corrected chi connectivity index (χ3v) is 2.99. The Morgan fingerprint density at radius 1 is 1.16 bits per heavy atom. The summed E-state index contributed by atoms with van der Waals surface area (Å²) in [5, 5.41) is 22.1. The summed E-state index contributed by atoms with van der Waals surface area (Å²) in [6.07, 6.45) is 0.473. The predicted molar refractivity (Wildman–Crippen MR) is 84.6 cm³/mol. The molecule has 0 spiro atoms. The molecule has 1 unspecified atom stereocenters. The highest BCUT2D eigenvalue weighted by Crippen LogP contribution is 2.08. The fraction of sp³-hybridized carbons (Fsp3) is 0.250. The monoisotopic (exact) mass is 352 g/mol. The standard InChI is InChI=1S/C16H17FN2O6/c1-9(20)18-13(8-10-2-4-11(17)5-3-10)15(23)19-12(16(24)25)6-7-14(21)22/h2-5,8,12H,6-7H2,1H3,(H,18,20)(H,19,23)(H,21,22)(H,24,25). The number of aliphatic carboxylic acids is 2. The number of nitrogens with one attached hydrogen (secondary N) is 2. The largest absolute Gasteiger partial charge is 0.481 e. The van der Waals surface area contributed by atoms with Crippen LogP contribution in [0.2, 0.25) is 0 Å². The van der Waals surface area contributed by atoms with E-state index in [0.29, 0.717) is 5.56 Å². The molecule has 8 nitrogen and oxygen atoms in total. The van der Waals surface area contributed by atoms with Crippen LogP contribution in [0, 0.1) is 5.82 Å². The van der Waals surface area contributed by atoms with Gasteiger partial charge >= 0.3 is 11.9 Å². The lowest BCUT2D eigenvalue weighted by Gasteiger charge is -2.15. The third-order valence-electron chi connectivity index (χ3n) is 2.99. The Morgan fingerprint density at radius 2 is 1.76 bits per heavy atom. The van der Waals surface area contributed by atoms with Crippen molar-refractivity contribution in [3.05, 3.63) is 41.3 Å². The van der Waals surface area contributed by atoms with Crippen molar-refractivity contribution in [1.29, 1.82) is 0 Å². The zero-order chi connectivity index (χ0) is 19.0. The fourth-order valence-electron chi connectivity index (χ4n) is 1.83. The summed E-state index contributed by atoms with van der Waals surface area (Å²) in [4.78, 5) is 45.2. The molecule has 0 saturated carbocycles. The zero-order valence-electron chi connectivity index (χ0n) is 13.3. The lowest BCUT2D eigenvalue weighted by molar-refractivity contribution is -0.142. The lowest BCUT2D eigenvalue weighted by atomic mass is 10.1. The lowest BCUT2D eigenvalue weighted by Crippen LogP contribution is -2.44. The van der Waals surface area contributed by atoms with Gasteiger partial charge in [-0.25, -0.2) is 9.18 Å². The summed E-state index contributed by atoms with van der Waals surface area (Å²) in [6.45, 7) is 1.16. The maximum absolute atomic E-state index is 12.9. The average molecular weight is 352 g/mol. The highest BCUT2D eigenvalue weighted by Gasteiger charge is 2.23. The van der Waals surface area contributed by atoms with Crippen LogP contribution in [0.15, 0.2) is 30.0 Å². The van der Waals surface area contributed by atoms with Crippen molar-refractivity contribution >= 4 is 29.8 Å². The zero-order valence-corrected chi connectivity index (χ0v) is 13.3. The number of hydrogen-bond donors (Lipinski definition) is 4. The van der Waals surface area contributed by atoms with Gasteiger partial charge in [0.05, 0.1) is 0 Å². The van der Waals surface area contributed by atoms with Gasteiger partial charge in [0, 0.05) is 13.3 Å². The van der Waals surface area contributed by atoms with E-state index in [0.717, 1.165) is 19.1 Å². The maximum Gasteiger partial charge on any atom is 0.326 e. The van der Waals surface area contributed by atoms with Crippen molar-refractivity contribution in [2.24, 2.45) is 0 Å². The number of carbonyl (C=O) groups excluding carboxylic acids is 2. The SMILES string of the molecule is CC(=O)NC(=Cc1ccc(F)cc1)C(=O)NC(CCC(=O)O)C(=O)O. The second-order valence-electron chi connectivity index (χ2n) is 5.09. The van der Waals surface area contributed by atoms with Crippen molar-refractivity contribution in [3.63, 3.8) is 0 Å². The highest BCUT2D eigenvalue weighted by atomic mass is 19.1. The van der Waals surface area contributed by atoms with Crippen molar-refractivity contribution in [1.82, 2.24) is 10.6 Å². The van der Waals surface area contributed by atoms with Gasteiger partial charge in [0.25, 0.3) is 5.91 Å². The molecule has 0 aromatic heterocycles.